The molecule has 0 bridgehead atoms. The van der Waals surface area contributed by atoms with Gasteiger partial charge in [0.15, 0.2) is 0 Å². The van der Waals surface area contributed by atoms with Gasteiger partial charge in [-0.1, -0.05) is 23.2 Å². The summed E-state index contributed by atoms with van der Waals surface area (Å²) in [6.07, 6.45) is 1.40. The molecule has 0 radical (unpaired) electrons. The van der Waals surface area contributed by atoms with Gasteiger partial charge in [0.2, 0.25) is 0 Å². The lowest BCUT2D eigenvalue weighted by Gasteiger charge is -2.15. The van der Waals surface area contributed by atoms with E-state index < -0.39 is 11.6 Å². The van der Waals surface area contributed by atoms with Crippen LogP contribution in [0.1, 0.15) is 0 Å². The van der Waals surface area contributed by atoms with Crippen molar-refractivity contribution in [2.24, 2.45) is 7.05 Å². The van der Waals surface area contributed by atoms with Crippen molar-refractivity contribution < 1.29 is 14.6 Å². The van der Waals surface area contributed by atoms with Gasteiger partial charge in [-0.2, -0.15) is 4.98 Å². The van der Waals surface area contributed by atoms with Crippen LogP contribution in [0.3, 0.4) is 0 Å². The summed E-state index contributed by atoms with van der Waals surface area (Å²) in [7, 11) is 4.43. The average Bonchev–Trinajstić information content (AvgIpc) is 2.60. The van der Waals surface area contributed by atoms with Crippen molar-refractivity contribution in [3.63, 3.8) is 0 Å². The molecule has 0 aliphatic heterocycles. The smallest absolute Gasteiger partial charge is 0.315 e. The summed E-state index contributed by atoms with van der Waals surface area (Å²) in [5.74, 6) is 0.643. The predicted molar refractivity (Wildman–Crippen MR) is 95.0 cm³/mol. The van der Waals surface area contributed by atoms with Crippen molar-refractivity contribution in [2.45, 2.75) is 0 Å². The summed E-state index contributed by atoms with van der Waals surface area (Å²) in [4.78, 5) is 20.4. The fraction of sp³-hybridized carbons (Fsp3) is 0.188. The maximum absolute atomic E-state index is 12.8. The molecule has 2 aromatic heterocycles. The van der Waals surface area contributed by atoms with Gasteiger partial charge in [-0.05, 0) is 6.07 Å². The third-order valence-corrected chi connectivity index (χ3v) is 4.53. The van der Waals surface area contributed by atoms with Crippen LogP contribution in [0.2, 0.25) is 10.0 Å². The zero-order valence-corrected chi connectivity index (χ0v) is 15.0. The number of methoxy groups -OCH3 is 2. The van der Waals surface area contributed by atoms with Gasteiger partial charge in [0.25, 0.3) is 5.56 Å². The zero-order chi connectivity index (χ0) is 18.3. The van der Waals surface area contributed by atoms with Crippen molar-refractivity contribution in [1.29, 1.82) is 0 Å². The van der Waals surface area contributed by atoms with Crippen LogP contribution >= 0.6 is 23.2 Å². The van der Waals surface area contributed by atoms with E-state index in [1.165, 1.54) is 32.0 Å². The molecule has 0 aliphatic rings. The SMILES string of the molecule is COc1cc(OC)c(Cl)c(-c2cc3cnc(O)nc3n(C)c2=O)c1Cl. The van der Waals surface area contributed by atoms with Gasteiger partial charge in [0.1, 0.15) is 17.1 Å². The van der Waals surface area contributed by atoms with E-state index in [4.69, 9.17) is 32.7 Å². The highest BCUT2D eigenvalue weighted by molar-refractivity contribution is 6.41. The number of ether oxygens (including phenoxy) is 2. The molecule has 130 valence electrons. The van der Waals surface area contributed by atoms with E-state index in [-0.39, 0.29) is 26.8 Å². The second kappa shape index (κ2) is 6.42. The molecule has 0 fully saturated rings. The number of hydrogen-bond acceptors (Lipinski definition) is 6. The van der Waals surface area contributed by atoms with Crippen LogP contribution in [0.25, 0.3) is 22.2 Å². The van der Waals surface area contributed by atoms with Gasteiger partial charge in [0, 0.05) is 30.3 Å². The van der Waals surface area contributed by atoms with E-state index in [0.29, 0.717) is 16.9 Å². The second-order valence-corrected chi connectivity index (χ2v) is 5.91. The Hall–Kier alpha value is -2.51. The van der Waals surface area contributed by atoms with Gasteiger partial charge >= 0.3 is 6.01 Å². The van der Waals surface area contributed by atoms with Gasteiger partial charge in [-0.15, -0.1) is 0 Å². The number of benzene rings is 1. The molecule has 25 heavy (non-hydrogen) atoms. The second-order valence-electron chi connectivity index (χ2n) is 5.16. The molecule has 0 saturated carbocycles. The zero-order valence-electron chi connectivity index (χ0n) is 13.5. The Morgan fingerprint density at radius 1 is 1.12 bits per heavy atom. The summed E-state index contributed by atoms with van der Waals surface area (Å²) < 4.78 is 11.8. The van der Waals surface area contributed by atoms with Gasteiger partial charge in [0.05, 0.1) is 29.8 Å². The Balaban J connectivity index is 2.43. The third-order valence-electron chi connectivity index (χ3n) is 3.78. The number of halogens is 2. The quantitative estimate of drug-likeness (QED) is 0.750. The highest BCUT2D eigenvalue weighted by Crippen LogP contribution is 2.45. The molecule has 0 aliphatic carbocycles. The van der Waals surface area contributed by atoms with E-state index in [9.17, 15) is 9.90 Å². The fourth-order valence-corrected chi connectivity index (χ4v) is 3.24. The first-order valence-corrected chi connectivity index (χ1v) is 7.80. The van der Waals surface area contributed by atoms with Crippen LogP contribution in [0.5, 0.6) is 17.5 Å². The highest BCUT2D eigenvalue weighted by Gasteiger charge is 2.22. The fourth-order valence-electron chi connectivity index (χ4n) is 2.54. The maximum Gasteiger partial charge on any atom is 0.315 e. The minimum atomic E-state index is -0.422. The number of aryl methyl sites for hydroxylation is 1. The molecule has 9 heteroatoms. The molecular weight excluding hydrogens is 369 g/mol. The Kier molecular flexibility index (Phi) is 4.45. The summed E-state index contributed by atoms with van der Waals surface area (Å²) in [6, 6.07) is 2.68. The Bertz CT molecular complexity index is 1020. The third kappa shape index (κ3) is 2.75. The molecule has 3 rings (SSSR count). The monoisotopic (exact) mass is 381 g/mol. The van der Waals surface area contributed by atoms with Crippen LogP contribution in [0, 0.1) is 0 Å². The molecule has 3 aromatic rings. The lowest BCUT2D eigenvalue weighted by Crippen LogP contribution is -2.20. The minimum absolute atomic E-state index is 0.185. The Labute approximate surface area is 152 Å². The molecule has 0 atom stereocenters. The van der Waals surface area contributed by atoms with Crippen LogP contribution in [0.15, 0.2) is 23.1 Å². The van der Waals surface area contributed by atoms with E-state index in [1.54, 1.807) is 12.1 Å². The lowest BCUT2D eigenvalue weighted by atomic mass is 10.0. The van der Waals surface area contributed by atoms with Gasteiger partial charge in [-0.3, -0.25) is 9.36 Å². The van der Waals surface area contributed by atoms with Crippen molar-refractivity contribution in [2.75, 3.05) is 14.2 Å². The molecule has 0 saturated heterocycles. The van der Waals surface area contributed by atoms with Crippen LogP contribution in [-0.2, 0) is 7.05 Å². The van der Waals surface area contributed by atoms with Crippen LogP contribution < -0.4 is 15.0 Å². The first-order valence-electron chi connectivity index (χ1n) is 7.05. The summed E-state index contributed by atoms with van der Waals surface area (Å²) in [5, 5.41) is 10.3. The van der Waals surface area contributed by atoms with Crippen molar-refractivity contribution >= 4 is 34.2 Å². The molecule has 0 amide bonds. The van der Waals surface area contributed by atoms with Crippen LogP contribution in [-0.4, -0.2) is 33.9 Å². The van der Waals surface area contributed by atoms with E-state index in [0.717, 1.165) is 0 Å². The van der Waals surface area contributed by atoms with Crippen molar-refractivity contribution in [3.05, 3.63) is 38.7 Å². The first kappa shape index (κ1) is 17.3. The van der Waals surface area contributed by atoms with Crippen molar-refractivity contribution in [3.8, 4) is 28.6 Å². The molecule has 0 spiro atoms. The van der Waals surface area contributed by atoms with E-state index >= 15 is 0 Å². The predicted octanol–water partition coefficient (Wildman–Crippen LogP) is 3.03. The summed E-state index contributed by atoms with van der Waals surface area (Å²) >= 11 is 12.8. The highest BCUT2D eigenvalue weighted by atomic mass is 35.5. The number of pyridine rings is 1. The minimum Gasteiger partial charge on any atom is -0.495 e. The Morgan fingerprint density at radius 2 is 1.72 bits per heavy atom. The number of fused-ring (bicyclic) bond motifs is 1. The standard InChI is InChI=1S/C16H13Cl2N3O4/c1-21-14-7(6-19-16(23)20-14)4-8(15(21)22)11-12(17)9(24-2)5-10(25-3)13(11)18/h4-6H,1-3H3,(H,19,20,23). The molecule has 1 aromatic carbocycles. The number of hydrogen-bond donors (Lipinski definition) is 1. The number of rotatable bonds is 3. The van der Waals surface area contributed by atoms with Gasteiger partial charge in [-0.25, -0.2) is 4.98 Å². The molecule has 1 N–H and O–H groups in total. The molecule has 0 unspecified atom stereocenters. The topological polar surface area (TPSA) is 86.5 Å². The van der Waals surface area contributed by atoms with E-state index in [1.807, 2.05) is 0 Å². The summed E-state index contributed by atoms with van der Waals surface area (Å²) in [6.45, 7) is 0. The molecular formula is C16H13Cl2N3O4. The van der Waals surface area contributed by atoms with Gasteiger partial charge < -0.3 is 14.6 Å². The largest absolute Gasteiger partial charge is 0.495 e. The van der Waals surface area contributed by atoms with E-state index in [2.05, 4.69) is 9.97 Å². The first-order chi connectivity index (χ1) is 11.9. The lowest BCUT2D eigenvalue weighted by molar-refractivity contribution is 0.395. The van der Waals surface area contributed by atoms with Crippen molar-refractivity contribution in [1.82, 2.24) is 14.5 Å². The Morgan fingerprint density at radius 3 is 2.28 bits per heavy atom. The molecule has 7 nitrogen and oxygen atoms in total. The average molecular weight is 382 g/mol. The normalized spacial score (nSPS) is 10.9. The number of aromatic nitrogens is 3. The summed E-state index contributed by atoms with van der Waals surface area (Å²) in [5.41, 5.74) is 0.402. The number of aromatic hydroxyl groups is 1. The molecule has 2 heterocycles. The van der Waals surface area contributed by atoms with Crippen LogP contribution in [0.4, 0.5) is 0 Å². The maximum atomic E-state index is 12.8. The number of nitrogens with zero attached hydrogens (tertiary/aromatic N) is 3.